The molecule has 0 aliphatic rings. The molecule has 0 bridgehead atoms. The van der Waals surface area contributed by atoms with Gasteiger partial charge in [-0.3, -0.25) is 9.50 Å². The Morgan fingerprint density at radius 1 is 1.86 bits per heavy atom. The molecule has 0 amide bonds. The molecule has 3 nitrogen and oxygen atoms in total. The summed E-state index contributed by atoms with van der Waals surface area (Å²) in [6.07, 6.45) is 0. The van der Waals surface area contributed by atoms with Crippen molar-refractivity contribution in [3.63, 3.8) is 0 Å². The number of hydrogen-bond donors (Lipinski definition) is 2. The fourth-order valence-electron chi connectivity index (χ4n) is 0.151. The number of carboxylic acids is 1. The first-order valence-electron chi connectivity index (χ1n) is 1.63. The summed E-state index contributed by atoms with van der Waals surface area (Å²) in [5.74, 6) is -0.822. The summed E-state index contributed by atoms with van der Waals surface area (Å²) in [4.78, 5) is 9.54. The molecule has 4 heteroatoms. The van der Waals surface area contributed by atoms with E-state index in [0.717, 1.165) is 0 Å². The first-order chi connectivity index (χ1) is 2.77. The Morgan fingerprint density at radius 3 is 2.29 bits per heavy atom. The van der Waals surface area contributed by atoms with Gasteiger partial charge in [-0.2, -0.15) is 0 Å². The third-order valence-electron chi connectivity index (χ3n) is 0.328. The lowest BCUT2D eigenvalue weighted by Gasteiger charge is -1.84. The van der Waals surface area contributed by atoms with Crippen LogP contribution in [0.4, 0.5) is 4.70 Å². The number of carbonyl (C=O) groups is 1. The van der Waals surface area contributed by atoms with Gasteiger partial charge in [0, 0.05) is 0 Å². The maximum absolute atomic E-state index is 9.54. The number of aliphatic carboxylic acids is 1. The van der Waals surface area contributed by atoms with Crippen molar-refractivity contribution in [2.24, 2.45) is 0 Å². The van der Waals surface area contributed by atoms with Crippen molar-refractivity contribution in [2.75, 3.05) is 13.6 Å². The predicted molar refractivity (Wildman–Crippen MR) is 24.1 cm³/mol. The standard InChI is InChI=1S/C3H7NO2.FH/c1-4-2-3(5)6;/h4H,2H2,1H3,(H,5,6);1H. The lowest BCUT2D eigenvalue weighted by atomic mass is 10.7. The lowest BCUT2D eigenvalue weighted by Crippen LogP contribution is -2.16. The van der Waals surface area contributed by atoms with E-state index in [9.17, 15) is 4.79 Å². The normalized spacial score (nSPS) is 7.00. The molecule has 0 saturated carbocycles. The maximum Gasteiger partial charge on any atom is 0.317 e. The molecular formula is C3H8FNO2. The Hall–Kier alpha value is -0.640. The van der Waals surface area contributed by atoms with Gasteiger partial charge in [0.05, 0.1) is 6.54 Å². The number of halogens is 1. The number of likely N-dealkylation sites (N-methyl/N-ethyl adjacent to an activating group) is 1. The Kier molecular flexibility index (Phi) is 7.36. The molecule has 0 fully saturated rings. The molecule has 0 radical (unpaired) electrons. The Morgan fingerprint density at radius 2 is 2.29 bits per heavy atom. The van der Waals surface area contributed by atoms with Crippen LogP contribution in [0.15, 0.2) is 0 Å². The number of hydrogen-bond acceptors (Lipinski definition) is 2. The van der Waals surface area contributed by atoms with Crippen molar-refractivity contribution in [1.29, 1.82) is 0 Å². The number of rotatable bonds is 2. The molecular weight excluding hydrogens is 101 g/mol. The zero-order valence-electron chi connectivity index (χ0n) is 3.97. The molecule has 0 rings (SSSR count). The third-order valence-corrected chi connectivity index (χ3v) is 0.328. The van der Waals surface area contributed by atoms with Gasteiger partial charge in [0.2, 0.25) is 0 Å². The largest absolute Gasteiger partial charge is 0.480 e. The van der Waals surface area contributed by atoms with Crippen molar-refractivity contribution in [2.45, 2.75) is 0 Å². The van der Waals surface area contributed by atoms with Crippen LogP contribution in [0.1, 0.15) is 0 Å². The van der Waals surface area contributed by atoms with Gasteiger partial charge < -0.3 is 10.4 Å². The van der Waals surface area contributed by atoms with E-state index in [1.807, 2.05) is 0 Å². The minimum atomic E-state index is -0.822. The minimum absolute atomic E-state index is 0. The van der Waals surface area contributed by atoms with Gasteiger partial charge >= 0.3 is 5.97 Å². The van der Waals surface area contributed by atoms with E-state index in [1.54, 1.807) is 7.05 Å². The third kappa shape index (κ3) is 10.9. The van der Waals surface area contributed by atoms with E-state index in [1.165, 1.54) is 0 Å². The lowest BCUT2D eigenvalue weighted by molar-refractivity contribution is -0.135. The Labute approximate surface area is 40.7 Å². The van der Waals surface area contributed by atoms with Crippen molar-refractivity contribution in [1.82, 2.24) is 5.32 Å². The van der Waals surface area contributed by atoms with E-state index >= 15 is 0 Å². The molecule has 7 heavy (non-hydrogen) atoms. The van der Waals surface area contributed by atoms with E-state index < -0.39 is 5.97 Å². The highest BCUT2D eigenvalue weighted by atomic mass is 19.0. The molecule has 0 spiro atoms. The smallest absolute Gasteiger partial charge is 0.317 e. The minimum Gasteiger partial charge on any atom is -0.480 e. The summed E-state index contributed by atoms with van der Waals surface area (Å²) >= 11 is 0. The second kappa shape index (κ2) is 5.36. The van der Waals surface area contributed by atoms with E-state index in [-0.39, 0.29) is 11.2 Å². The van der Waals surface area contributed by atoms with Crippen LogP contribution in [-0.2, 0) is 4.79 Å². The van der Waals surface area contributed by atoms with Crippen molar-refractivity contribution >= 4 is 5.97 Å². The zero-order chi connectivity index (χ0) is 4.99. The van der Waals surface area contributed by atoms with Gasteiger partial charge in [0.1, 0.15) is 0 Å². The summed E-state index contributed by atoms with van der Waals surface area (Å²) in [5, 5.41) is 10.3. The van der Waals surface area contributed by atoms with Crippen LogP contribution in [0, 0.1) is 0 Å². The summed E-state index contributed by atoms with van der Waals surface area (Å²) in [7, 11) is 1.59. The Balaban J connectivity index is 0. The van der Waals surface area contributed by atoms with Crippen molar-refractivity contribution in [3.05, 3.63) is 0 Å². The van der Waals surface area contributed by atoms with Crippen LogP contribution in [0.3, 0.4) is 0 Å². The monoisotopic (exact) mass is 109 g/mol. The Bertz CT molecular complexity index is 56.9. The van der Waals surface area contributed by atoms with Crippen LogP contribution >= 0.6 is 0 Å². The van der Waals surface area contributed by atoms with Crippen LogP contribution in [-0.4, -0.2) is 24.7 Å². The fourth-order valence-corrected chi connectivity index (χ4v) is 0.151. The number of carboxylic acid groups (broad SMARTS) is 1. The van der Waals surface area contributed by atoms with E-state index in [0.29, 0.717) is 0 Å². The van der Waals surface area contributed by atoms with Crippen molar-refractivity contribution < 1.29 is 14.6 Å². The molecule has 2 N–H and O–H groups in total. The quantitative estimate of drug-likeness (QED) is 0.500. The topological polar surface area (TPSA) is 49.3 Å². The van der Waals surface area contributed by atoms with Gasteiger partial charge in [0.15, 0.2) is 0 Å². The van der Waals surface area contributed by atoms with E-state index in [2.05, 4.69) is 5.32 Å². The maximum atomic E-state index is 9.54. The fraction of sp³-hybridized carbons (Fsp3) is 0.667. The second-order valence-electron chi connectivity index (χ2n) is 0.924. The summed E-state index contributed by atoms with van der Waals surface area (Å²) in [5.41, 5.74) is 0. The average Bonchev–Trinajstić information content (AvgIpc) is 1.35. The van der Waals surface area contributed by atoms with Gasteiger partial charge in [-0.25, -0.2) is 0 Å². The molecule has 0 atom stereocenters. The number of nitrogens with one attached hydrogen (secondary N) is 1. The molecule has 0 unspecified atom stereocenters. The summed E-state index contributed by atoms with van der Waals surface area (Å²) in [6, 6.07) is 0. The summed E-state index contributed by atoms with van der Waals surface area (Å²) in [6.45, 7) is 0.0417. The highest BCUT2D eigenvalue weighted by molar-refractivity contribution is 5.68. The predicted octanol–water partition coefficient (Wildman–Crippen LogP) is -0.557. The molecule has 0 aromatic rings. The van der Waals surface area contributed by atoms with Gasteiger partial charge in [-0.05, 0) is 7.05 Å². The molecule has 44 valence electrons. The van der Waals surface area contributed by atoms with E-state index in [4.69, 9.17) is 5.11 Å². The zero-order valence-corrected chi connectivity index (χ0v) is 3.97. The molecule has 0 aromatic heterocycles. The van der Waals surface area contributed by atoms with Gasteiger partial charge in [-0.1, -0.05) is 0 Å². The summed E-state index contributed by atoms with van der Waals surface area (Å²) < 4.78 is 0. The van der Waals surface area contributed by atoms with Gasteiger partial charge in [-0.15, -0.1) is 0 Å². The molecule has 0 aliphatic heterocycles. The first kappa shape index (κ1) is 9.61. The second-order valence-corrected chi connectivity index (χ2v) is 0.924. The molecule has 0 aliphatic carbocycles. The molecule has 0 saturated heterocycles. The average molecular weight is 109 g/mol. The van der Waals surface area contributed by atoms with Crippen LogP contribution in [0.25, 0.3) is 0 Å². The van der Waals surface area contributed by atoms with Crippen LogP contribution in [0.2, 0.25) is 0 Å². The highest BCUT2D eigenvalue weighted by Crippen LogP contribution is 1.50. The van der Waals surface area contributed by atoms with Gasteiger partial charge in [0.25, 0.3) is 0 Å². The van der Waals surface area contributed by atoms with Crippen LogP contribution < -0.4 is 5.32 Å². The van der Waals surface area contributed by atoms with Crippen molar-refractivity contribution in [3.8, 4) is 0 Å². The highest BCUT2D eigenvalue weighted by Gasteiger charge is 1.86. The SMILES string of the molecule is CNCC(=O)O.F. The van der Waals surface area contributed by atoms with Crippen LogP contribution in [0.5, 0.6) is 0 Å². The molecule has 0 aromatic carbocycles. The molecule has 0 heterocycles. The first-order valence-corrected chi connectivity index (χ1v) is 1.63.